The van der Waals surface area contributed by atoms with Crippen LogP contribution in [0.5, 0.6) is 11.5 Å². The number of nitrogens with zero attached hydrogens (tertiary/aromatic N) is 2. The Hall–Kier alpha value is -3.20. The number of anilines is 1. The van der Waals surface area contributed by atoms with E-state index in [9.17, 15) is 13.6 Å². The summed E-state index contributed by atoms with van der Waals surface area (Å²) in [4.78, 5) is 18.7. The van der Waals surface area contributed by atoms with Crippen LogP contribution in [0.15, 0.2) is 42.6 Å². The van der Waals surface area contributed by atoms with Gasteiger partial charge in [-0.1, -0.05) is 12.1 Å². The van der Waals surface area contributed by atoms with Gasteiger partial charge in [-0.25, -0.2) is 4.98 Å². The highest BCUT2D eigenvalue weighted by molar-refractivity contribution is 5.92. The third-order valence-electron chi connectivity index (χ3n) is 4.46. The second kappa shape index (κ2) is 10.5. The zero-order chi connectivity index (χ0) is 21.3. The number of amides is 1. The SMILES string of the molecule is COc1cccc(/C=C/C(=O)NCc2ccnc(N3CCOCC3)c2)c1OC(F)F. The second-order valence-corrected chi connectivity index (χ2v) is 6.43. The number of aromatic nitrogens is 1. The lowest BCUT2D eigenvalue weighted by molar-refractivity contribution is -0.116. The fourth-order valence-corrected chi connectivity index (χ4v) is 2.99. The van der Waals surface area contributed by atoms with Gasteiger partial charge in [0.05, 0.1) is 20.3 Å². The van der Waals surface area contributed by atoms with Crippen molar-refractivity contribution in [2.45, 2.75) is 13.2 Å². The third-order valence-corrected chi connectivity index (χ3v) is 4.46. The molecule has 0 saturated carbocycles. The van der Waals surface area contributed by atoms with E-state index in [2.05, 4.69) is 19.9 Å². The van der Waals surface area contributed by atoms with E-state index in [-0.39, 0.29) is 17.4 Å². The monoisotopic (exact) mass is 419 g/mol. The Morgan fingerprint density at radius 1 is 1.33 bits per heavy atom. The van der Waals surface area contributed by atoms with Crippen LogP contribution in [0.2, 0.25) is 0 Å². The fourth-order valence-electron chi connectivity index (χ4n) is 2.99. The van der Waals surface area contributed by atoms with E-state index >= 15 is 0 Å². The average molecular weight is 419 g/mol. The van der Waals surface area contributed by atoms with Gasteiger partial charge in [0.25, 0.3) is 0 Å². The summed E-state index contributed by atoms with van der Waals surface area (Å²) in [6, 6.07) is 8.43. The summed E-state index contributed by atoms with van der Waals surface area (Å²) in [5.41, 5.74) is 1.21. The van der Waals surface area contributed by atoms with Crippen molar-refractivity contribution in [1.82, 2.24) is 10.3 Å². The van der Waals surface area contributed by atoms with E-state index in [4.69, 9.17) is 9.47 Å². The third kappa shape index (κ3) is 5.90. The lowest BCUT2D eigenvalue weighted by Crippen LogP contribution is -2.36. The lowest BCUT2D eigenvalue weighted by atomic mass is 10.1. The Labute approximate surface area is 173 Å². The van der Waals surface area contributed by atoms with Crippen LogP contribution in [0, 0.1) is 0 Å². The molecule has 30 heavy (non-hydrogen) atoms. The maximum absolute atomic E-state index is 12.7. The smallest absolute Gasteiger partial charge is 0.387 e. The number of hydrogen-bond donors (Lipinski definition) is 1. The minimum Gasteiger partial charge on any atom is -0.493 e. The molecule has 1 saturated heterocycles. The topological polar surface area (TPSA) is 72.9 Å². The van der Waals surface area contributed by atoms with Gasteiger partial charge in [-0.15, -0.1) is 0 Å². The van der Waals surface area contributed by atoms with Crippen LogP contribution in [-0.2, 0) is 16.1 Å². The molecule has 1 N–H and O–H groups in total. The number of alkyl halides is 2. The number of pyridine rings is 1. The van der Waals surface area contributed by atoms with Gasteiger partial charge in [-0.05, 0) is 29.8 Å². The van der Waals surface area contributed by atoms with Crippen LogP contribution in [0.25, 0.3) is 6.08 Å². The summed E-state index contributed by atoms with van der Waals surface area (Å²) in [7, 11) is 1.35. The van der Waals surface area contributed by atoms with Crippen molar-refractivity contribution in [2.75, 3.05) is 38.3 Å². The summed E-state index contributed by atoms with van der Waals surface area (Å²) in [5.74, 6) is 0.505. The molecule has 1 aliphatic rings. The molecule has 7 nitrogen and oxygen atoms in total. The van der Waals surface area contributed by atoms with Crippen LogP contribution in [0.1, 0.15) is 11.1 Å². The first-order valence-electron chi connectivity index (χ1n) is 9.42. The Balaban J connectivity index is 1.62. The number of hydrogen-bond acceptors (Lipinski definition) is 6. The van der Waals surface area contributed by atoms with Crippen LogP contribution in [0.4, 0.5) is 14.6 Å². The molecule has 3 rings (SSSR count). The normalized spacial score (nSPS) is 14.2. The van der Waals surface area contributed by atoms with Crippen molar-refractivity contribution in [2.24, 2.45) is 0 Å². The number of benzene rings is 1. The lowest BCUT2D eigenvalue weighted by Gasteiger charge is -2.28. The van der Waals surface area contributed by atoms with Crippen molar-refractivity contribution < 1.29 is 27.8 Å². The molecule has 9 heteroatoms. The molecule has 0 spiro atoms. The molecule has 0 aliphatic carbocycles. The Morgan fingerprint density at radius 2 is 2.13 bits per heavy atom. The number of morpholine rings is 1. The molecule has 2 aromatic rings. The molecule has 1 aliphatic heterocycles. The number of carbonyl (C=O) groups excluding carboxylic acids is 1. The van der Waals surface area contributed by atoms with Crippen LogP contribution < -0.4 is 19.7 Å². The molecule has 0 unspecified atom stereocenters. The molecule has 1 amide bonds. The minimum absolute atomic E-state index is 0.122. The van der Waals surface area contributed by atoms with Gasteiger partial charge in [0.15, 0.2) is 11.5 Å². The van der Waals surface area contributed by atoms with Crippen molar-refractivity contribution in [3.8, 4) is 11.5 Å². The maximum atomic E-state index is 12.7. The number of nitrogens with one attached hydrogen (secondary N) is 1. The Morgan fingerprint density at radius 3 is 2.87 bits per heavy atom. The number of carbonyl (C=O) groups is 1. The molecule has 0 bridgehead atoms. The van der Waals surface area contributed by atoms with E-state index in [1.54, 1.807) is 18.3 Å². The molecule has 0 radical (unpaired) electrons. The van der Waals surface area contributed by atoms with Crippen LogP contribution in [-0.4, -0.2) is 50.9 Å². The van der Waals surface area contributed by atoms with E-state index < -0.39 is 6.61 Å². The minimum atomic E-state index is -3.00. The molecule has 160 valence electrons. The predicted molar refractivity (Wildman–Crippen MR) is 108 cm³/mol. The predicted octanol–water partition coefficient (Wildman–Crippen LogP) is 2.86. The molecule has 1 fully saturated rings. The zero-order valence-corrected chi connectivity index (χ0v) is 16.5. The Kier molecular flexibility index (Phi) is 7.56. The average Bonchev–Trinajstić information content (AvgIpc) is 2.77. The van der Waals surface area contributed by atoms with E-state index in [0.717, 1.165) is 24.5 Å². The molecular weight excluding hydrogens is 396 g/mol. The van der Waals surface area contributed by atoms with Gasteiger partial charge >= 0.3 is 6.61 Å². The number of ether oxygens (including phenoxy) is 3. The van der Waals surface area contributed by atoms with Gasteiger partial charge in [0.2, 0.25) is 5.91 Å². The van der Waals surface area contributed by atoms with E-state index in [0.29, 0.717) is 25.3 Å². The maximum Gasteiger partial charge on any atom is 0.387 e. The van der Waals surface area contributed by atoms with Gasteiger partial charge in [-0.2, -0.15) is 8.78 Å². The number of rotatable bonds is 8. The largest absolute Gasteiger partial charge is 0.493 e. The number of methoxy groups -OCH3 is 1. The Bertz CT molecular complexity index is 886. The number of halogens is 2. The highest BCUT2D eigenvalue weighted by Crippen LogP contribution is 2.33. The summed E-state index contributed by atoms with van der Waals surface area (Å²) in [6.45, 7) is 0.171. The summed E-state index contributed by atoms with van der Waals surface area (Å²) in [5, 5.41) is 2.77. The fraction of sp³-hybridized carbons (Fsp3) is 0.333. The zero-order valence-electron chi connectivity index (χ0n) is 16.5. The van der Waals surface area contributed by atoms with Crippen molar-refractivity contribution >= 4 is 17.8 Å². The van der Waals surface area contributed by atoms with E-state index in [1.807, 2.05) is 12.1 Å². The highest BCUT2D eigenvalue weighted by atomic mass is 19.3. The van der Waals surface area contributed by atoms with Crippen molar-refractivity contribution in [3.05, 3.63) is 53.7 Å². The van der Waals surface area contributed by atoms with E-state index in [1.165, 1.54) is 25.3 Å². The van der Waals surface area contributed by atoms with Crippen molar-refractivity contribution in [3.63, 3.8) is 0 Å². The molecule has 1 aromatic heterocycles. The quantitative estimate of drug-likeness (QED) is 0.664. The standard InChI is InChI=1S/C21H23F2N3O4/c1-28-17-4-2-3-16(20(17)30-21(22)23)5-6-19(27)25-14-15-7-8-24-18(13-15)26-9-11-29-12-10-26/h2-8,13,21H,9-12,14H2,1H3,(H,25,27)/b6-5+. The molecule has 0 atom stereocenters. The first kappa shape index (κ1) is 21.5. The molecular formula is C21H23F2N3O4. The van der Waals surface area contributed by atoms with Crippen molar-refractivity contribution in [1.29, 1.82) is 0 Å². The second-order valence-electron chi connectivity index (χ2n) is 6.43. The van der Waals surface area contributed by atoms with Gasteiger partial charge < -0.3 is 24.4 Å². The van der Waals surface area contributed by atoms with Gasteiger partial charge in [-0.3, -0.25) is 4.79 Å². The van der Waals surface area contributed by atoms with Crippen LogP contribution in [0.3, 0.4) is 0 Å². The highest BCUT2D eigenvalue weighted by Gasteiger charge is 2.14. The summed E-state index contributed by atoms with van der Waals surface area (Å²) in [6.07, 6.45) is 4.37. The number of para-hydroxylation sites is 1. The molecule has 1 aromatic carbocycles. The van der Waals surface area contributed by atoms with Gasteiger partial charge in [0.1, 0.15) is 5.82 Å². The first-order chi connectivity index (χ1) is 14.6. The molecule has 2 heterocycles. The van der Waals surface area contributed by atoms with Crippen LogP contribution >= 0.6 is 0 Å². The summed E-state index contributed by atoms with van der Waals surface area (Å²) >= 11 is 0. The first-order valence-corrected chi connectivity index (χ1v) is 9.42. The van der Waals surface area contributed by atoms with Gasteiger partial charge in [0, 0.05) is 37.5 Å². The summed E-state index contributed by atoms with van der Waals surface area (Å²) < 4.78 is 40.3.